The van der Waals surface area contributed by atoms with Crippen LogP contribution in [-0.4, -0.2) is 23.7 Å². The van der Waals surface area contributed by atoms with Crippen LogP contribution in [0.25, 0.3) is 5.57 Å². The van der Waals surface area contributed by atoms with Gasteiger partial charge in [0.05, 0.1) is 0 Å². The Balaban J connectivity index is 1.85. The lowest BCUT2D eigenvalue weighted by Crippen LogP contribution is -2.28. The van der Waals surface area contributed by atoms with Crippen LogP contribution in [0.4, 0.5) is 4.39 Å². The summed E-state index contributed by atoms with van der Waals surface area (Å²) in [4.78, 5) is 18.8. The van der Waals surface area contributed by atoms with Gasteiger partial charge in [0.1, 0.15) is 17.3 Å². The van der Waals surface area contributed by atoms with Crippen molar-refractivity contribution in [3.05, 3.63) is 76.7 Å². The van der Waals surface area contributed by atoms with Crippen molar-refractivity contribution < 1.29 is 9.18 Å². The molecule has 0 bridgehead atoms. The summed E-state index contributed by atoms with van der Waals surface area (Å²) in [5.41, 5.74) is 4.21. The van der Waals surface area contributed by atoms with E-state index in [1.54, 1.807) is 24.1 Å². The Kier molecular flexibility index (Phi) is 3.11. The molecule has 23 heavy (non-hydrogen) atoms. The maximum absolute atomic E-state index is 13.4. The number of aliphatic imine (C=N–C) groups is 1. The predicted molar refractivity (Wildman–Crippen MR) is 87.4 cm³/mol. The van der Waals surface area contributed by atoms with E-state index in [4.69, 9.17) is 0 Å². The molecule has 0 fully saturated rings. The standard InChI is InChI=1S/C19H15FN2O/c1-22-18(12-5-3-2-4-6-12)21-17(19(22)23)16-9-7-13-11-14(20)8-10-15(13)16/h2-6,8,10-11H,7,9H2,1H3/b17-16-. The van der Waals surface area contributed by atoms with Crippen molar-refractivity contribution in [1.29, 1.82) is 0 Å². The highest BCUT2D eigenvalue weighted by Crippen LogP contribution is 2.37. The summed E-state index contributed by atoms with van der Waals surface area (Å²) in [6, 6.07) is 14.4. The minimum Gasteiger partial charge on any atom is -0.294 e. The van der Waals surface area contributed by atoms with Crippen molar-refractivity contribution in [2.24, 2.45) is 4.99 Å². The maximum Gasteiger partial charge on any atom is 0.278 e. The van der Waals surface area contributed by atoms with E-state index in [0.29, 0.717) is 11.5 Å². The topological polar surface area (TPSA) is 32.7 Å². The van der Waals surface area contributed by atoms with Gasteiger partial charge in [-0.2, -0.15) is 0 Å². The highest BCUT2D eigenvalue weighted by Gasteiger charge is 2.32. The van der Waals surface area contributed by atoms with Crippen LogP contribution in [0.15, 0.2) is 59.2 Å². The molecule has 4 heteroatoms. The monoisotopic (exact) mass is 306 g/mol. The number of halogens is 1. The van der Waals surface area contributed by atoms with Gasteiger partial charge in [0.15, 0.2) is 0 Å². The zero-order chi connectivity index (χ0) is 16.0. The minimum atomic E-state index is -0.238. The van der Waals surface area contributed by atoms with E-state index < -0.39 is 0 Å². The van der Waals surface area contributed by atoms with Crippen LogP contribution in [0.2, 0.25) is 0 Å². The van der Waals surface area contributed by atoms with E-state index in [1.165, 1.54) is 6.07 Å². The molecule has 0 aromatic heterocycles. The Hall–Kier alpha value is -2.75. The number of hydrogen-bond donors (Lipinski definition) is 0. The van der Waals surface area contributed by atoms with Gasteiger partial charge in [-0.05, 0) is 41.7 Å². The fourth-order valence-electron chi connectivity index (χ4n) is 3.23. The molecule has 2 aromatic carbocycles. The van der Waals surface area contributed by atoms with Gasteiger partial charge in [-0.1, -0.05) is 36.4 Å². The van der Waals surface area contributed by atoms with E-state index in [2.05, 4.69) is 4.99 Å². The van der Waals surface area contributed by atoms with Crippen LogP contribution >= 0.6 is 0 Å². The van der Waals surface area contributed by atoms with Gasteiger partial charge < -0.3 is 0 Å². The average Bonchev–Trinajstić information content (AvgIpc) is 3.10. The second-order valence-corrected chi connectivity index (χ2v) is 5.79. The third-order valence-electron chi connectivity index (χ3n) is 4.40. The van der Waals surface area contributed by atoms with Crippen LogP contribution in [0, 0.1) is 5.82 Å². The maximum atomic E-state index is 13.4. The summed E-state index contributed by atoms with van der Waals surface area (Å²) in [6.45, 7) is 0. The molecular weight excluding hydrogens is 291 g/mol. The zero-order valence-electron chi connectivity index (χ0n) is 12.7. The molecule has 0 radical (unpaired) electrons. The van der Waals surface area contributed by atoms with E-state index >= 15 is 0 Å². The van der Waals surface area contributed by atoms with E-state index in [0.717, 1.165) is 35.1 Å². The van der Waals surface area contributed by atoms with Crippen molar-refractivity contribution in [2.45, 2.75) is 12.8 Å². The second-order valence-electron chi connectivity index (χ2n) is 5.79. The lowest BCUT2D eigenvalue weighted by Gasteiger charge is -2.11. The molecule has 0 spiro atoms. The van der Waals surface area contributed by atoms with E-state index in [9.17, 15) is 9.18 Å². The van der Waals surface area contributed by atoms with E-state index in [1.807, 2.05) is 30.3 Å². The average molecular weight is 306 g/mol. The van der Waals surface area contributed by atoms with Crippen LogP contribution < -0.4 is 0 Å². The number of rotatable bonds is 1. The van der Waals surface area contributed by atoms with Crippen molar-refractivity contribution in [1.82, 2.24) is 4.90 Å². The first kappa shape index (κ1) is 13.9. The number of carbonyl (C=O) groups is 1. The molecule has 1 heterocycles. The number of amides is 1. The Labute approximate surface area is 133 Å². The SMILES string of the molecule is CN1C(=O)/C(=C2\CCc3cc(F)ccc32)N=C1c1ccccc1. The number of aryl methyl sites for hydroxylation is 1. The summed E-state index contributed by atoms with van der Waals surface area (Å²) in [6.07, 6.45) is 1.47. The molecular formula is C19H15FN2O. The number of fused-ring (bicyclic) bond motifs is 1. The third kappa shape index (κ3) is 2.18. The lowest BCUT2D eigenvalue weighted by molar-refractivity contribution is -0.121. The molecule has 1 amide bonds. The fourth-order valence-corrected chi connectivity index (χ4v) is 3.23. The Morgan fingerprint density at radius 1 is 1.09 bits per heavy atom. The Bertz CT molecular complexity index is 868. The second kappa shape index (κ2) is 5.16. The molecule has 1 aliphatic heterocycles. The van der Waals surface area contributed by atoms with Crippen molar-refractivity contribution in [3.63, 3.8) is 0 Å². The van der Waals surface area contributed by atoms with Crippen molar-refractivity contribution in [2.75, 3.05) is 7.05 Å². The number of allylic oxidation sites excluding steroid dienone is 1. The van der Waals surface area contributed by atoms with Gasteiger partial charge in [-0.15, -0.1) is 0 Å². The summed E-state index contributed by atoms with van der Waals surface area (Å²) in [7, 11) is 1.74. The number of benzene rings is 2. The first-order valence-corrected chi connectivity index (χ1v) is 7.59. The zero-order valence-corrected chi connectivity index (χ0v) is 12.7. The van der Waals surface area contributed by atoms with E-state index in [-0.39, 0.29) is 11.7 Å². The van der Waals surface area contributed by atoms with Crippen LogP contribution in [0.5, 0.6) is 0 Å². The summed E-state index contributed by atoms with van der Waals surface area (Å²) in [5.74, 6) is 0.322. The normalized spacial score (nSPS) is 20.0. The molecule has 0 saturated carbocycles. The molecule has 0 unspecified atom stereocenters. The van der Waals surface area contributed by atoms with Gasteiger partial charge in [-0.3, -0.25) is 9.69 Å². The van der Waals surface area contributed by atoms with Crippen molar-refractivity contribution >= 4 is 17.3 Å². The van der Waals surface area contributed by atoms with Crippen LogP contribution in [0.3, 0.4) is 0 Å². The Morgan fingerprint density at radius 3 is 2.65 bits per heavy atom. The molecule has 0 atom stereocenters. The summed E-state index contributed by atoms with van der Waals surface area (Å²) < 4.78 is 13.4. The van der Waals surface area contributed by atoms with Crippen LogP contribution in [0.1, 0.15) is 23.1 Å². The minimum absolute atomic E-state index is 0.101. The highest BCUT2D eigenvalue weighted by atomic mass is 19.1. The molecule has 1 aliphatic carbocycles. The number of likely N-dealkylation sites (N-methyl/N-ethyl adjacent to an activating group) is 1. The highest BCUT2D eigenvalue weighted by molar-refractivity contribution is 6.20. The molecule has 2 aliphatic rings. The van der Waals surface area contributed by atoms with Gasteiger partial charge in [-0.25, -0.2) is 9.38 Å². The molecule has 114 valence electrons. The lowest BCUT2D eigenvalue weighted by atomic mass is 10.1. The smallest absolute Gasteiger partial charge is 0.278 e. The largest absolute Gasteiger partial charge is 0.294 e. The van der Waals surface area contributed by atoms with Crippen molar-refractivity contribution in [3.8, 4) is 0 Å². The Morgan fingerprint density at radius 2 is 1.87 bits per heavy atom. The number of nitrogens with zero attached hydrogens (tertiary/aromatic N) is 2. The van der Waals surface area contributed by atoms with Gasteiger partial charge >= 0.3 is 0 Å². The molecule has 3 nitrogen and oxygen atoms in total. The molecule has 0 saturated heterocycles. The molecule has 2 aromatic rings. The molecule has 4 rings (SSSR count). The number of carbonyl (C=O) groups excluding carboxylic acids is 1. The molecule has 0 N–H and O–H groups in total. The van der Waals surface area contributed by atoms with Gasteiger partial charge in [0.25, 0.3) is 5.91 Å². The van der Waals surface area contributed by atoms with Crippen LogP contribution in [-0.2, 0) is 11.2 Å². The fraction of sp³-hybridized carbons (Fsp3) is 0.158. The first-order chi connectivity index (χ1) is 11.1. The predicted octanol–water partition coefficient (Wildman–Crippen LogP) is 3.40. The third-order valence-corrected chi connectivity index (χ3v) is 4.40. The van der Waals surface area contributed by atoms with Gasteiger partial charge in [0, 0.05) is 12.6 Å². The number of amidine groups is 1. The number of hydrogen-bond acceptors (Lipinski definition) is 2. The quantitative estimate of drug-likeness (QED) is 0.743. The first-order valence-electron chi connectivity index (χ1n) is 7.59. The summed E-state index contributed by atoms with van der Waals surface area (Å²) in [5, 5.41) is 0. The van der Waals surface area contributed by atoms with Gasteiger partial charge in [0.2, 0.25) is 0 Å². The summed E-state index contributed by atoms with van der Waals surface area (Å²) >= 11 is 0.